The average Bonchev–Trinajstić information content (AvgIpc) is 2.59. The van der Waals surface area contributed by atoms with Crippen LogP contribution in [0.5, 0.6) is 0 Å². The lowest BCUT2D eigenvalue weighted by molar-refractivity contribution is 0.509. The zero-order chi connectivity index (χ0) is 17.2. The van der Waals surface area contributed by atoms with Crippen molar-refractivity contribution in [3.8, 4) is 11.1 Å². The summed E-state index contributed by atoms with van der Waals surface area (Å²) in [6, 6.07) is 12.6. The Morgan fingerprint density at radius 3 is 2.25 bits per heavy atom. The predicted octanol–water partition coefficient (Wildman–Crippen LogP) is 3.83. The molecule has 0 aliphatic heterocycles. The number of benzene rings is 2. The van der Waals surface area contributed by atoms with Gasteiger partial charge in [0.25, 0.3) is 10.0 Å². The van der Waals surface area contributed by atoms with E-state index in [1.54, 1.807) is 30.6 Å². The molecule has 0 spiro atoms. The molecule has 0 atom stereocenters. The fourth-order valence-corrected chi connectivity index (χ4v) is 3.18. The minimum absolute atomic E-state index is 0.0138. The van der Waals surface area contributed by atoms with Crippen LogP contribution in [-0.4, -0.2) is 13.4 Å². The molecule has 3 aromatic rings. The van der Waals surface area contributed by atoms with Crippen LogP contribution in [0.25, 0.3) is 11.1 Å². The van der Waals surface area contributed by atoms with Crippen LogP contribution in [0, 0.1) is 11.6 Å². The van der Waals surface area contributed by atoms with E-state index in [1.165, 1.54) is 12.1 Å². The zero-order valence-corrected chi connectivity index (χ0v) is 13.1. The molecule has 0 aliphatic carbocycles. The molecule has 4 nitrogen and oxygen atoms in total. The Bertz CT molecular complexity index is 960. The van der Waals surface area contributed by atoms with E-state index >= 15 is 0 Å². The summed E-state index contributed by atoms with van der Waals surface area (Å²) in [5.74, 6) is -2.17. The van der Waals surface area contributed by atoms with E-state index < -0.39 is 21.7 Å². The van der Waals surface area contributed by atoms with Crippen LogP contribution in [0.4, 0.5) is 14.5 Å². The van der Waals surface area contributed by atoms with Crippen molar-refractivity contribution in [2.75, 3.05) is 4.72 Å². The van der Waals surface area contributed by atoms with E-state index in [0.717, 1.165) is 29.3 Å². The second-order valence-electron chi connectivity index (χ2n) is 5.00. The smallest absolute Gasteiger partial charge is 0.261 e. The van der Waals surface area contributed by atoms with Crippen LogP contribution >= 0.6 is 0 Å². The number of sulfonamides is 1. The van der Waals surface area contributed by atoms with Crippen LogP contribution in [0.15, 0.2) is 71.9 Å². The largest absolute Gasteiger partial charge is 0.280 e. The van der Waals surface area contributed by atoms with Gasteiger partial charge in [-0.25, -0.2) is 17.2 Å². The summed E-state index contributed by atoms with van der Waals surface area (Å²) in [6.07, 6.45) is 3.32. The van der Waals surface area contributed by atoms with Gasteiger partial charge >= 0.3 is 0 Å². The molecule has 2 aromatic carbocycles. The monoisotopic (exact) mass is 346 g/mol. The molecule has 122 valence electrons. The molecule has 1 N–H and O–H groups in total. The molecule has 0 bridgehead atoms. The zero-order valence-electron chi connectivity index (χ0n) is 12.3. The number of nitrogens with one attached hydrogen (secondary N) is 1. The van der Waals surface area contributed by atoms with E-state index in [1.807, 2.05) is 6.07 Å². The van der Waals surface area contributed by atoms with Gasteiger partial charge < -0.3 is 0 Å². The summed E-state index contributed by atoms with van der Waals surface area (Å²) in [6.45, 7) is 0. The molecular weight excluding hydrogens is 334 g/mol. The highest BCUT2D eigenvalue weighted by Gasteiger charge is 2.15. The molecule has 7 heteroatoms. The van der Waals surface area contributed by atoms with Gasteiger partial charge in [-0.2, -0.15) is 0 Å². The SMILES string of the molecule is O=S(=O)(Nc1ccc(F)c(F)c1)c1ccc(-c2cccnc2)cc1. The van der Waals surface area contributed by atoms with Crippen molar-refractivity contribution in [1.29, 1.82) is 0 Å². The molecule has 0 saturated heterocycles. The standard InChI is InChI=1S/C17H12F2N2O2S/c18-16-8-5-14(10-17(16)19)21-24(22,23)15-6-3-12(4-7-15)13-2-1-9-20-11-13/h1-11,21H. The van der Waals surface area contributed by atoms with Crippen molar-refractivity contribution in [3.63, 3.8) is 0 Å². The van der Waals surface area contributed by atoms with Crippen LogP contribution < -0.4 is 4.72 Å². The number of nitrogens with zero attached hydrogens (tertiary/aromatic N) is 1. The summed E-state index contributed by atoms with van der Waals surface area (Å²) >= 11 is 0. The van der Waals surface area contributed by atoms with Gasteiger partial charge in [-0.05, 0) is 41.5 Å². The van der Waals surface area contributed by atoms with Crippen molar-refractivity contribution in [2.45, 2.75) is 4.90 Å². The third kappa shape index (κ3) is 3.41. The van der Waals surface area contributed by atoms with Gasteiger partial charge in [-0.15, -0.1) is 0 Å². The maximum Gasteiger partial charge on any atom is 0.261 e. The van der Waals surface area contributed by atoms with Crippen molar-refractivity contribution in [3.05, 3.63) is 78.6 Å². The minimum atomic E-state index is -3.90. The van der Waals surface area contributed by atoms with E-state index in [0.29, 0.717) is 0 Å². The van der Waals surface area contributed by atoms with Gasteiger partial charge in [-0.1, -0.05) is 18.2 Å². The number of rotatable bonds is 4. The molecule has 0 amide bonds. The van der Waals surface area contributed by atoms with Gasteiger partial charge in [0.15, 0.2) is 11.6 Å². The summed E-state index contributed by atoms with van der Waals surface area (Å²) in [5.41, 5.74) is 1.62. The van der Waals surface area contributed by atoms with Crippen LogP contribution in [0.2, 0.25) is 0 Å². The summed E-state index contributed by atoms with van der Waals surface area (Å²) in [4.78, 5) is 4.02. The normalized spacial score (nSPS) is 11.2. The molecule has 24 heavy (non-hydrogen) atoms. The Balaban J connectivity index is 1.86. The van der Waals surface area contributed by atoms with Gasteiger partial charge in [0, 0.05) is 18.5 Å². The first kappa shape index (κ1) is 16.1. The van der Waals surface area contributed by atoms with Crippen molar-refractivity contribution in [2.24, 2.45) is 0 Å². The van der Waals surface area contributed by atoms with Crippen molar-refractivity contribution >= 4 is 15.7 Å². The average molecular weight is 346 g/mol. The molecule has 0 aliphatic rings. The fourth-order valence-electron chi connectivity index (χ4n) is 2.13. The highest BCUT2D eigenvalue weighted by atomic mass is 32.2. The second kappa shape index (κ2) is 6.37. The molecular formula is C17H12F2N2O2S. The summed E-state index contributed by atoms with van der Waals surface area (Å²) in [7, 11) is -3.90. The lowest BCUT2D eigenvalue weighted by Gasteiger charge is -2.09. The number of pyridine rings is 1. The number of hydrogen-bond donors (Lipinski definition) is 1. The molecule has 0 unspecified atom stereocenters. The quantitative estimate of drug-likeness (QED) is 0.781. The summed E-state index contributed by atoms with van der Waals surface area (Å²) < 4.78 is 52.9. The lowest BCUT2D eigenvalue weighted by Crippen LogP contribution is -2.13. The van der Waals surface area contributed by atoms with E-state index in [-0.39, 0.29) is 10.6 Å². The van der Waals surface area contributed by atoms with Crippen LogP contribution in [-0.2, 0) is 10.0 Å². The van der Waals surface area contributed by atoms with Gasteiger partial charge in [-0.3, -0.25) is 9.71 Å². The molecule has 1 aromatic heterocycles. The van der Waals surface area contributed by atoms with Gasteiger partial charge in [0.1, 0.15) is 0 Å². The topological polar surface area (TPSA) is 59.1 Å². The highest BCUT2D eigenvalue weighted by Crippen LogP contribution is 2.22. The number of aromatic nitrogens is 1. The van der Waals surface area contributed by atoms with Gasteiger partial charge in [0.05, 0.1) is 10.6 Å². The van der Waals surface area contributed by atoms with Crippen molar-refractivity contribution < 1.29 is 17.2 Å². The fraction of sp³-hybridized carbons (Fsp3) is 0. The first-order valence-corrected chi connectivity index (χ1v) is 8.42. The summed E-state index contributed by atoms with van der Waals surface area (Å²) in [5, 5.41) is 0. The maximum atomic E-state index is 13.2. The lowest BCUT2D eigenvalue weighted by atomic mass is 10.1. The Labute approximate surface area is 137 Å². The Hall–Kier alpha value is -2.80. The predicted molar refractivity (Wildman–Crippen MR) is 86.8 cm³/mol. The van der Waals surface area contributed by atoms with E-state index in [9.17, 15) is 17.2 Å². The maximum absolute atomic E-state index is 13.2. The Morgan fingerprint density at radius 2 is 1.62 bits per heavy atom. The third-order valence-electron chi connectivity index (χ3n) is 3.33. The van der Waals surface area contributed by atoms with Crippen LogP contribution in [0.1, 0.15) is 0 Å². The van der Waals surface area contributed by atoms with Crippen molar-refractivity contribution in [1.82, 2.24) is 4.98 Å². The third-order valence-corrected chi connectivity index (χ3v) is 4.73. The molecule has 1 heterocycles. The number of hydrogen-bond acceptors (Lipinski definition) is 3. The Kier molecular flexibility index (Phi) is 4.26. The van der Waals surface area contributed by atoms with Crippen LogP contribution in [0.3, 0.4) is 0 Å². The minimum Gasteiger partial charge on any atom is -0.280 e. The molecule has 3 rings (SSSR count). The number of halogens is 2. The first-order valence-electron chi connectivity index (χ1n) is 6.94. The van der Waals surface area contributed by atoms with E-state index in [2.05, 4.69) is 9.71 Å². The number of anilines is 1. The van der Waals surface area contributed by atoms with Gasteiger partial charge in [0.2, 0.25) is 0 Å². The second-order valence-corrected chi connectivity index (χ2v) is 6.68. The molecule has 0 saturated carbocycles. The van der Waals surface area contributed by atoms with E-state index in [4.69, 9.17) is 0 Å². The first-order chi connectivity index (χ1) is 11.5. The molecule has 0 fully saturated rings. The molecule has 0 radical (unpaired) electrons. The highest BCUT2D eigenvalue weighted by molar-refractivity contribution is 7.92. The Morgan fingerprint density at radius 1 is 0.875 bits per heavy atom.